The van der Waals surface area contributed by atoms with Crippen LogP contribution < -0.4 is 21.9 Å². The number of H-pyrrole nitrogens is 1. The number of rotatable bonds is 9. The van der Waals surface area contributed by atoms with Gasteiger partial charge in [-0.25, -0.2) is 4.39 Å². The summed E-state index contributed by atoms with van der Waals surface area (Å²) in [6.45, 7) is 9.04. The number of ether oxygens (including phenoxy) is 3. The monoisotopic (exact) mass is 567 g/mol. The third-order valence-electron chi connectivity index (χ3n) is 5.12. The third kappa shape index (κ3) is 12.8. The van der Waals surface area contributed by atoms with E-state index in [0.29, 0.717) is 31.1 Å². The number of nitrogen functional groups attached to an aromatic ring is 2. The Kier molecular flexibility index (Phi) is 16.2. The highest BCUT2D eigenvalue weighted by Gasteiger charge is 2.12. The van der Waals surface area contributed by atoms with Gasteiger partial charge in [-0.1, -0.05) is 6.07 Å². The molecule has 2 aromatic carbocycles. The molecule has 0 saturated carbocycles. The first-order chi connectivity index (χ1) is 19.8. The number of hydrogen-bond acceptors (Lipinski definition) is 8. The van der Waals surface area contributed by atoms with Crippen molar-refractivity contribution in [2.24, 2.45) is 5.73 Å². The number of nitrogens with one attached hydrogen (secondary N) is 1. The lowest BCUT2D eigenvalue weighted by Crippen LogP contribution is -2.19. The Labute approximate surface area is 239 Å². The molecule has 0 saturated heterocycles. The molecule has 0 spiro atoms. The van der Waals surface area contributed by atoms with Gasteiger partial charge in [0.05, 0.1) is 17.1 Å². The molecule has 0 aliphatic carbocycles. The Morgan fingerprint density at radius 3 is 2.17 bits per heavy atom. The van der Waals surface area contributed by atoms with E-state index in [9.17, 15) is 4.39 Å². The zero-order valence-electron chi connectivity index (χ0n) is 23.5. The lowest BCUT2D eigenvalue weighted by Gasteiger charge is -2.15. The van der Waals surface area contributed by atoms with Crippen LogP contribution in [-0.2, 0) is 25.5 Å². The van der Waals surface area contributed by atoms with Gasteiger partial charge in [0.2, 0.25) is 6.41 Å². The minimum absolute atomic E-state index is 0.218. The molecule has 0 aliphatic rings. The third-order valence-corrected chi connectivity index (χ3v) is 5.12. The van der Waals surface area contributed by atoms with Crippen molar-refractivity contribution in [3.05, 3.63) is 90.0 Å². The van der Waals surface area contributed by atoms with Gasteiger partial charge in [-0.3, -0.25) is 9.78 Å². The van der Waals surface area contributed by atoms with Crippen molar-refractivity contribution in [2.45, 2.75) is 33.5 Å². The van der Waals surface area contributed by atoms with Gasteiger partial charge in [0.1, 0.15) is 24.1 Å². The van der Waals surface area contributed by atoms with E-state index in [0.717, 1.165) is 28.3 Å². The van der Waals surface area contributed by atoms with Crippen molar-refractivity contribution in [1.82, 2.24) is 9.97 Å². The number of aromatic nitrogens is 2. The summed E-state index contributed by atoms with van der Waals surface area (Å²) in [5.41, 5.74) is 19.8. The van der Waals surface area contributed by atoms with Crippen LogP contribution in [0.2, 0.25) is 0 Å². The summed E-state index contributed by atoms with van der Waals surface area (Å²) in [7, 11) is 0. The number of halogens is 1. The van der Waals surface area contributed by atoms with Crippen molar-refractivity contribution >= 4 is 24.6 Å². The summed E-state index contributed by atoms with van der Waals surface area (Å²) < 4.78 is 29.5. The van der Waals surface area contributed by atoms with E-state index in [1.54, 1.807) is 18.3 Å². The van der Waals surface area contributed by atoms with Crippen LogP contribution in [0.3, 0.4) is 0 Å². The smallest absolute Gasteiger partial charge is 0.204 e. The molecule has 0 aliphatic heterocycles. The minimum atomic E-state index is -0.347. The molecule has 2 heterocycles. The van der Waals surface area contributed by atoms with Gasteiger partial charge < -0.3 is 41.2 Å². The average Bonchev–Trinajstić information content (AvgIpc) is 3.43. The summed E-state index contributed by atoms with van der Waals surface area (Å²) >= 11 is 0. The van der Waals surface area contributed by atoms with E-state index in [1.807, 2.05) is 70.2 Å². The molecule has 2 aromatic heterocycles. The molecule has 0 radical (unpaired) electrons. The first-order valence-electron chi connectivity index (χ1n) is 12.7. The average molecular weight is 568 g/mol. The second kappa shape index (κ2) is 19.3. The van der Waals surface area contributed by atoms with Gasteiger partial charge >= 0.3 is 0 Å². The largest absolute Gasteiger partial charge is 0.457 e. The lowest BCUT2D eigenvalue weighted by molar-refractivity contribution is -0.134. The predicted molar refractivity (Wildman–Crippen MR) is 159 cm³/mol. The second-order valence-electron chi connectivity index (χ2n) is 8.17. The highest BCUT2D eigenvalue weighted by atomic mass is 19.1. The summed E-state index contributed by atoms with van der Waals surface area (Å²) in [5.74, 6) is 1.09. The Morgan fingerprint density at radius 2 is 1.61 bits per heavy atom. The van der Waals surface area contributed by atoms with Gasteiger partial charge in [-0.15, -0.1) is 0 Å². The highest BCUT2D eigenvalue weighted by Crippen LogP contribution is 2.26. The molecular weight excluding hydrogens is 529 g/mol. The molecule has 1 amide bonds. The fraction of sp³-hybridized carbons (Fsp3) is 0.233. The number of nitrogens with two attached hydrogens (primary N) is 3. The zero-order chi connectivity index (χ0) is 30.6. The summed E-state index contributed by atoms with van der Waals surface area (Å²) in [5, 5.41) is 0. The highest BCUT2D eigenvalue weighted by molar-refractivity contribution is 5.58. The summed E-state index contributed by atoms with van der Waals surface area (Å²) in [6, 6.07) is 17.7. The lowest BCUT2D eigenvalue weighted by atomic mass is 10.2. The first-order valence-corrected chi connectivity index (χ1v) is 12.7. The Bertz CT molecular complexity index is 1290. The van der Waals surface area contributed by atoms with Gasteiger partial charge in [-0.2, -0.15) is 0 Å². The number of hydrogen-bond donors (Lipinski definition) is 4. The minimum Gasteiger partial charge on any atom is -0.457 e. The molecular formula is C30H38FN5O5. The number of anilines is 2. The van der Waals surface area contributed by atoms with Crippen LogP contribution in [0.5, 0.6) is 11.5 Å². The van der Waals surface area contributed by atoms with Crippen molar-refractivity contribution in [2.75, 3.05) is 24.7 Å². The molecule has 4 aromatic rings. The molecule has 0 fully saturated rings. The van der Waals surface area contributed by atoms with Crippen LogP contribution in [0.4, 0.5) is 15.8 Å². The standard InChI is InChI=1S/C21H25N3O3.C7H8FN.CH3NO.CH2O/c1-3-25-21(26-4-2)12-15-11-19(24-14-15)20-13-18(9-10-23-20)27-17-7-5-16(22)6-8-17;1-5-2-3-6(8)7(9)4-5;2-1-3;1-2/h5-11,13-14,21,24H,3-4,12,22H2,1-2H3;2-4H,9H2,1H3;1H,(H2,2,3);1H2. The van der Waals surface area contributed by atoms with Crippen molar-refractivity contribution in [3.8, 4) is 22.9 Å². The molecule has 41 heavy (non-hydrogen) atoms. The van der Waals surface area contributed by atoms with E-state index in [1.165, 1.54) is 6.07 Å². The molecule has 7 N–H and O–H groups in total. The predicted octanol–water partition coefficient (Wildman–Crippen LogP) is 5.03. The number of pyridine rings is 1. The fourth-order valence-electron chi connectivity index (χ4n) is 3.39. The SMILES string of the molecule is C=O.CCOC(Cc1c[nH]c(-c2cc(Oc3ccc(N)cc3)ccn2)c1)OCC.Cc1ccc(F)c(N)c1.NC=O. The van der Waals surface area contributed by atoms with Gasteiger partial charge in [0.25, 0.3) is 0 Å². The number of carbonyl (C=O) groups excluding carboxylic acids is 2. The summed E-state index contributed by atoms with van der Waals surface area (Å²) in [6.07, 6.45) is 4.37. The van der Waals surface area contributed by atoms with E-state index in [2.05, 4.69) is 21.8 Å². The Balaban J connectivity index is 0.000000498. The molecule has 0 unspecified atom stereocenters. The fourth-order valence-corrected chi connectivity index (χ4v) is 3.39. The van der Waals surface area contributed by atoms with Crippen molar-refractivity contribution < 1.29 is 28.2 Å². The Morgan fingerprint density at radius 1 is 0.976 bits per heavy atom. The van der Waals surface area contributed by atoms with Crippen LogP contribution >= 0.6 is 0 Å². The maximum absolute atomic E-state index is 12.4. The molecule has 4 rings (SSSR count). The molecule has 11 heteroatoms. The van der Waals surface area contributed by atoms with Gasteiger partial charge in [0, 0.05) is 43.8 Å². The molecule has 10 nitrogen and oxygen atoms in total. The quantitative estimate of drug-likeness (QED) is 0.124. The number of aryl methyl sites for hydroxylation is 1. The zero-order valence-corrected chi connectivity index (χ0v) is 23.5. The molecule has 220 valence electrons. The number of aromatic amines is 1. The van der Waals surface area contributed by atoms with Crippen LogP contribution in [0.25, 0.3) is 11.4 Å². The van der Waals surface area contributed by atoms with E-state index >= 15 is 0 Å². The van der Waals surface area contributed by atoms with Crippen molar-refractivity contribution in [1.29, 1.82) is 0 Å². The number of primary amides is 1. The van der Waals surface area contributed by atoms with Crippen molar-refractivity contribution in [3.63, 3.8) is 0 Å². The molecule has 0 bridgehead atoms. The van der Waals surface area contributed by atoms with Crippen LogP contribution in [0.1, 0.15) is 25.0 Å². The van der Waals surface area contributed by atoms with E-state index < -0.39 is 0 Å². The summed E-state index contributed by atoms with van der Waals surface area (Å²) in [4.78, 5) is 24.3. The van der Waals surface area contributed by atoms with E-state index in [4.69, 9.17) is 35.3 Å². The van der Waals surface area contributed by atoms with Crippen LogP contribution in [-0.4, -0.2) is 42.7 Å². The maximum Gasteiger partial charge on any atom is 0.204 e. The Hall–Kier alpha value is -4.74. The number of nitrogens with zero attached hydrogens (tertiary/aromatic N) is 1. The number of benzene rings is 2. The topological polar surface area (TPSA) is 169 Å². The maximum atomic E-state index is 12.4. The normalized spacial score (nSPS) is 9.78. The first kappa shape index (κ1) is 34.3. The van der Waals surface area contributed by atoms with E-state index in [-0.39, 0.29) is 24.2 Å². The van der Waals surface area contributed by atoms with Gasteiger partial charge in [0.15, 0.2) is 6.29 Å². The molecule has 0 atom stereocenters. The van der Waals surface area contributed by atoms with Gasteiger partial charge in [-0.05, 0) is 80.4 Å². The number of amides is 1. The second-order valence-corrected chi connectivity index (χ2v) is 8.17. The number of carbonyl (C=O) groups is 2. The van der Waals surface area contributed by atoms with Crippen LogP contribution in [0.15, 0.2) is 73.1 Å². The van der Waals surface area contributed by atoms with Crippen LogP contribution in [0, 0.1) is 12.7 Å².